The van der Waals surface area contributed by atoms with Crippen LogP contribution < -0.4 is 5.32 Å². The lowest BCUT2D eigenvalue weighted by Gasteiger charge is -2.03. The zero-order chi connectivity index (χ0) is 13.7. The number of aryl methyl sites for hydroxylation is 2. The van der Waals surface area contributed by atoms with Gasteiger partial charge in [-0.2, -0.15) is 5.10 Å². The van der Waals surface area contributed by atoms with Crippen molar-refractivity contribution < 1.29 is 9.90 Å². The Labute approximate surface area is 115 Å². The van der Waals surface area contributed by atoms with Gasteiger partial charge in [-0.3, -0.25) is 9.48 Å². The Bertz CT molecular complexity index is 549. The third kappa shape index (κ3) is 4.06. The Morgan fingerprint density at radius 2 is 2.37 bits per heavy atom. The number of carboxylic acid groups (broad SMARTS) is 1. The molecule has 7 heteroatoms. The number of rotatable bonds is 7. The molecular weight excluding hydrogens is 264 g/mol. The first-order chi connectivity index (χ1) is 9.15. The number of hydrogen-bond acceptors (Lipinski definition) is 5. The molecule has 2 heterocycles. The molecule has 2 aromatic rings. The standard InChI is InChI=1S/C12H16N4O2S/c1-16-10(5-7-14-16)4-6-13-12-15-9(8-19-12)2-3-11(17)18/h5,7-8H,2-4,6H2,1H3,(H,13,15)(H,17,18). The van der Waals surface area contributed by atoms with E-state index >= 15 is 0 Å². The fourth-order valence-electron chi connectivity index (χ4n) is 1.68. The van der Waals surface area contributed by atoms with Crippen LogP contribution in [0.15, 0.2) is 17.6 Å². The molecule has 0 fully saturated rings. The first kappa shape index (κ1) is 13.5. The minimum absolute atomic E-state index is 0.123. The third-order valence-electron chi connectivity index (χ3n) is 2.73. The molecule has 2 rings (SSSR count). The Kier molecular flexibility index (Phi) is 4.51. The summed E-state index contributed by atoms with van der Waals surface area (Å²) < 4.78 is 1.85. The van der Waals surface area contributed by atoms with Gasteiger partial charge in [-0.1, -0.05) is 0 Å². The van der Waals surface area contributed by atoms with E-state index in [9.17, 15) is 4.79 Å². The maximum Gasteiger partial charge on any atom is 0.303 e. The second kappa shape index (κ2) is 6.33. The van der Waals surface area contributed by atoms with Gasteiger partial charge in [-0.15, -0.1) is 11.3 Å². The molecule has 0 amide bonds. The summed E-state index contributed by atoms with van der Waals surface area (Å²) in [5, 5.41) is 18.7. The molecule has 0 aromatic carbocycles. The Balaban J connectivity index is 1.77. The Hall–Kier alpha value is -1.89. The first-order valence-corrected chi connectivity index (χ1v) is 6.90. The molecule has 0 radical (unpaired) electrons. The van der Waals surface area contributed by atoms with Crippen molar-refractivity contribution in [2.75, 3.05) is 11.9 Å². The van der Waals surface area contributed by atoms with E-state index in [4.69, 9.17) is 5.11 Å². The molecule has 0 aliphatic rings. The topological polar surface area (TPSA) is 80.0 Å². The average Bonchev–Trinajstić information content (AvgIpc) is 2.97. The van der Waals surface area contributed by atoms with Crippen molar-refractivity contribution in [3.05, 3.63) is 29.0 Å². The maximum atomic E-state index is 10.5. The van der Waals surface area contributed by atoms with Gasteiger partial charge in [0.05, 0.1) is 12.1 Å². The zero-order valence-electron chi connectivity index (χ0n) is 10.7. The molecule has 0 unspecified atom stereocenters. The molecule has 0 atom stereocenters. The number of carbonyl (C=O) groups is 1. The summed E-state index contributed by atoms with van der Waals surface area (Å²) in [5.74, 6) is -0.793. The van der Waals surface area contributed by atoms with Crippen molar-refractivity contribution >= 4 is 22.4 Å². The first-order valence-electron chi connectivity index (χ1n) is 6.02. The number of aromatic nitrogens is 3. The van der Waals surface area contributed by atoms with Crippen LogP contribution in [0, 0.1) is 0 Å². The molecule has 0 aliphatic carbocycles. The van der Waals surface area contributed by atoms with E-state index < -0.39 is 5.97 Å². The number of anilines is 1. The predicted octanol–water partition coefficient (Wildman–Crippen LogP) is 1.55. The van der Waals surface area contributed by atoms with Crippen LogP contribution in [-0.4, -0.2) is 32.4 Å². The minimum atomic E-state index is -0.793. The molecule has 0 spiro atoms. The highest BCUT2D eigenvalue weighted by atomic mass is 32.1. The van der Waals surface area contributed by atoms with Crippen LogP contribution in [0.4, 0.5) is 5.13 Å². The maximum absolute atomic E-state index is 10.5. The molecule has 19 heavy (non-hydrogen) atoms. The lowest BCUT2D eigenvalue weighted by atomic mass is 10.2. The molecule has 2 aromatic heterocycles. The van der Waals surface area contributed by atoms with Crippen LogP contribution >= 0.6 is 11.3 Å². The van der Waals surface area contributed by atoms with E-state index in [1.165, 1.54) is 11.3 Å². The number of thiazole rings is 1. The second-order valence-corrected chi connectivity index (χ2v) is 5.02. The number of hydrogen-bond donors (Lipinski definition) is 2. The molecule has 6 nitrogen and oxygen atoms in total. The normalized spacial score (nSPS) is 10.6. The van der Waals surface area contributed by atoms with Crippen LogP contribution in [0.25, 0.3) is 0 Å². The second-order valence-electron chi connectivity index (χ2n) is 4.16. The van der Waals surface area contributed by atoms with Crippen LogP contribution in [0.1, 0.15) is 17.8 Å². The summed E-state index contributed by atoms with van der Waals surface area (Å²) in [6.45, 7) is 0.783. The quantitative estimate of drug-likeness (QED) is 0.804. The van der Waals surface area contributed by atoms with Gasteiger partial charge in [0.2, 0.25) is 0 Å². The number of nitrogens with zero attached hydrogens (tertiary/aromatic N) is 3. The number of carboxylic acids is 1. The highest BCUT2D eigenvalue weighted by molar-refractivity contribution is 7.13. The smallest absolute Gasteiger partial charge is 0.303 e. The molecule has 0 aliphatic heterocycles. The third-order valence-corrected chi connectivity index (χ3v) is 3.58. The van der Waals surface area contributed by atoms with Crippen LogP contribution in [-0.2, 0) is 24.7 Å². The van der Waals surface area contributed by atoms with Gasteiger partial charge < -0.3 is 10.4 Å². The van der Waals surface area contributed by atoms with Crippen LogP contribution in [0.5, 0.6) is 0 Å². The Morgan fingerprint density at radius 3 is 3.05 bits per heavy atom. The molecule has 0 saturated carbocycles. The summed E-state index contributed by atoms with van der Waals surface area (Å²) in [7, 11) is 1.92. The highest BCUT2D eigenvalue weighted by Crippen LogP contribution is 2.16. The van der Waals surface area contributed by atoms with Gasteiger partial charge in [0.1, 0.15) is 0 Å². The SMILES string of the molecule is Cn1nccc1CCNc1nc(CCC(=O)O)cs1. The van der Waals surface area contributed by atoms with Gasteiger partial charge in [0, 0.05) is 43.7 Å². The number of nitrogens with one attached hydrogen (secondary N) is 1. The molecule has 102 valence electrons. The summed E-state index contributed by atoms with van der Waals surface area (Å²) in [6, 6.07) is 1.99. The average molecular weight is 280 g/mol. The van der Waals surface area contributed by atoms with Crippen LogP contribution in [0.2, 0.25) is 0 Å². The summed E-state index contributed by atoms with van der Waals surface area (Å²) in [6.07, 6.45) is 3.26. The van der Waals surface area contributed by atoms with Gasteiger partial charge in [0.15, 0.2) is 5.13 Å². The highest BCUT2D eigenvalue weighted by Gasteiger charge is 2.05. The summed E-state index contributed by atoms with van der Waals surface area (Å²) in [4.78, 5) is 14.8. The van der Waals surface area contributed by atoms with Crippen LogP contribution in [0.3, 0.4) is 0 Å². The van der Waals surface area contributed by atoms with Gasteiger partial charge in [-0.25, -0.2) is 4.98 Å². The van der Waals surface area contributed by atoms with Crippen molar-refractivity contribution in [2.24, 2.45) is 7.05 Å². The summed E-state index contributed by atoms with van der Waals surface area (Å²) in [5.41, 5.74) is 1.99. The largest absolute Gasteiger partial charge is 0.481 e. The van der Waals surface area contributed by atoms with E-state index in [2.05, 4.69) is 15.4 Å². The fourth-order valence-corrected chi connectivity index (χ4v) is 2.46. The van der Waals surface area contributed by atoms with E-state index in [0.29, 0.717) is 6.42 Å². The van der Waals surface area contributed by atoms with E-state index in [1.54, 1.807) is 6.20 Å². The minimum Gasteiger partial charge on any atom is -0.481 e. The summed E-state index contributed by atoms with van der Waals surface area (Å²) >= 11 is 1.51. The van der Waals surface area contributed by atoms with Crippen molar-refractivity contribution in [1.29, 1.82) is 0 Å². The van der Waals surface area contributed by atoms with Crippen molar-refractivity contribution in [3.8, 4) is 0 Å². The van der Waals surface area contributed by atoms with Gasteiger partial charge in [0.25, 0.3) is 0 Å². The van der Waals surface area contributed by atoms with Gasteiger partial charge >= 0.3 is 5.97 Å². The fraction of sp³-hybridized carbons (Fsp3) is 0.417. The lowest BCUT2D eigenvalue weighted by molar-refractivity contribution is -0.136. The number of aliphatic carboxylic acids is 1. The van der Waals surface area contributed by atoms with E-state index in [-0.39, 0.29) is 6.42 Å². The monoisotopic (exact) mass is 280 g/mol. The molecular formula is C12H16N4O2S. The van der Waals surface area contributed by atoms with Gasteiger partial charge in [-0.05, 0) is 6.07 Å². The zero-order valence-corrected chi connectivity index (χ0v) is 11.5. The van der Waals surface area contributed by atoms with E-state index in [1.807, 2.05) is 23.2 Å². The molecule has 2 N–H and O–H groups in total. The van der Waals surface area contributed by atoms with Crippen molar-refractivity contribution in [1.82, 2.24) is 14.8 Å². The van der Waals surface area contributed by atoms with Crippen molar-refractivity contribution in [3.63, 3.8) is 0 Å². The Morgan fingerprint density at radius 1 is 1.53 bits per heavy atom. The predicted molar refractivity (Wildman–Crippen MR) is 73.5 cm³/mol. The molecule has 0 bridgehead atoms. The van der Waals surface area contributed by atoms with Crippen molar-refractivity contribution in [2.45, 2.75) is 19.3 Å². The molecule has 0 saturated heterocycles. The lowest BCUT2D eigenvalue weighted by Crippen LogP contribution is -2.08. The van der Waals surface area contributed by atoms with E-state index in [0.717, 1.165) is 29.5 Å².